The van der Waals surface area contributed by atoms with Gasteiger partial charge in [-0.2, -0.15) is 0 Å². The summed E-state index contributed by atoms with van der Waals surface area (Å²) in [4.78, 5) is -0.353. The van der Waals surface area contributed by atoms with Crippen molar-refractivity contribution < 1.29 is 13.2 Å². The number of halogens is 4. The van der Waals surface area contributed by atoms with Gasteiger partial charge >= 0.3 is 94.5 Å². The van der Waals surface area contributed by atoms with Crippen molar-refractivity contribution >= 4 is 26.6 Å². The second-order valence-electron chi connectivity index (χ2n) is 3.20. The molecular formula is C9H16ClF3Se. The van der Waals surface area contributed by atoms with E-state index in [1.54, 1.807) is 0 Å². The van der Waals surface area contributed by atoms with Crippen molar-refractivity contribution in [2.45, 2.75) is 54.8 Å². The van der Waals surface area contributed by atoms with Crippen molar-refractivity contribution in [2.24, 2.45) is 0 Å². The zero-order valence-corrected chi connectivity index (χ0v) is 10.9. The average Bonchev–Trinajstić information content (AvgIpc) is 2.01. The molecule has 5 heteroatoms. The van der Waals surface area contributed by atoms with Crippen LogP contribution in [0.15, 0.2) is 0 Å². The summed E-state index contributed by atoms with van der Waals surface area (Å²) < 4.78 is 36.6. The van der Waals surface area contributed by atoms with Crippen molar-refractivity contribution in [1.29, 1.82) is 0 Å². The second-order valence-corrected chi connectivity index (χ2v) is 6.49. The third kappa shape index (κ3) is 6.97. The maximum absolute atomic E-state index is 12.2. The van der Waals surface area contributed by atoms with Crippen LogP contribution in [0.2, 0.25) is 4.82 Å². The number of alkyl halides is 4. The Balaban J connectivity index is 4.13. The summed E-state index contributed by atoms with van der Waals surface area (Å²) in [5, 5.41) is -4.32. The molecule has 0 aromatic carbocycles. The molecule has 0 fully saturated rings. The summed E-state index contributed by atoms with van der Waals surface area (Å²) in [5.74, 6) is 0. The first-order valence-corrected chi connectivity index (χ1v) is 7.07. The van der Waals surface area contributed by atoms with Gasteiger partial charge in [0.2, 0.25) is 0 Å². The van der Waals surface area contributed by atoms with Gasteiger partial charge < -0.3 is 0 Å². The molecule has 0 spiro atoms. The van der Waals surface area contributed by atoms with Crippen LogP contribution >= 0.6 is 11.6 Å². The molecule has 0 amide bonds. The molecule has 0 heterocycles. The molecule has 14 heavy (non-hydrogen) atoms. The number of rotatable bonds is 6. The molecular weight excluding hydrogens is 280 g/mol. The standard InChI is InChI=1S/C9H16ClF3Se/c1-3-5-7(10)8(6-4-2)14-9(11,12)13/h7-8H,3-6H2,1-2H3/t7-,8-/m1/s1. The summed E-state index contributed by atoms with van der Waals surface area (Å²) >= 11 is 4.62. The van der Waals surface area contributed by atoms with Crippen LogP contribution < -0.4 is 0 Å². The van der Waals surface area contributed by atoms with Crippen LogP contribution in [-0.4, -0.2) is 25.4 Å². The van der Waals surface area contributed by atoms with Gasteiger partial charge in [0.1, 0.15) is 0 Å². The van der Waals surface area contributed by atoms with Crippen molar-refractivity contribution in [3.8, 4) is 0 Å². The van der Waals surface area contributed by atoms with Crippen LogP contribution in [0.25, 0.3) is 0 Å². The molecule has 0 aliphatic heterocycles. The third-order valence-corrected chi connectivity index (χ3v) is 5.07. The predicted molar refractivity (Wildman–Crippen MR) is 55.0 cm³/mol. The Hall–Kier alpha value is 0.599. The van der Waals surface area contributed by atoms with Crippen LogP contribution in [-0.2, 0) is 0 Å². The summed E-state index contributed by atoms with van der Waals surface area (Å²) in [6, 6.07) is 0. The van der Waals surface area contributed by atoms with Crippen molar-refractivity contribution in [1.82, 2.24) is 0 Å². The Morgan fingerprint density at radius 1 is 1.14 bits per heavy atom. The van der Waals surface area contributed by atoms with E-state index in [4.69, 9.17) is 11.6 Å². The molecule has 0 aromatic rings. The fraction of sp³-hybridized carbons (Fsp3) is 1.00. The first kappa shape index (κ1) is 14.6. The Bertz CT molecular complexity index is 149. The van der Waals surface area contributed by atoms with Crippen LogP contribution in [0, 0.1) is 0 Å². The first-order chi connectivity index (χ1) is 6.40. The van der Waals surface area contributed by atoms with Gasteiger partial charge in [-0.1, -0.05) is 0 Å². The molecule has 86 valence electrons. The van der Waals surface area contributed by atoms with E-state index in [1.807, 2.05) is 13.8 Å². The van der Waals surface area contributed by atoms with E-state index in [2.05, 4.69) is 0 Å². The molecule has 0 aliphatic rings. The quantitative estimate of drug-likeness (QED) is 0.509. The van der Waals surface area contributed by atoms with E-state index in [0.717, 1.165) is 12.8 Å². The van der Waals surface area contributed by atoms with Gasteiger partial charge in [-0.25, -0.2) is 0 Å². The summed E-state index contributed by atoms with van der Waals surface area (Å²) in [7, 11) is 0. The molecule has 2 atom stereocenters. The van der Waals surface area contributed by atoms with Crippen LogP contribution in [0.1, 0.15) is 39.5 Å². The number of hydrogen-bond donors (Lipinski definition) is 0. The van der Waals surface area contributed by atoms with Crippen LogP contribution in [0.5, 0.6) is 0 Å². The molecule has 0 aromatic heterocycles. The second kappa shape index (κ2) is 6.97. The predicted octanol–water partition coefficient (Wildman–Crippen LogP) is 4.21. The van der Waals surface area contributed by atoms with E-state index in [9.17, 15) is 13.2 Å². The normalized spacial score (nSPS) is 16.7. The van der Waals surface area contributed by atoms with Gasteiger partial charge in [0.05, 0.1) is 0 Å². The van der Waals surface area contributed by atoms with Gasteiger partial charge in [-0.05, 0) is 0 Å². The van der Waals surface area contributed by atoms with Gasteiger partial charge in [-0.15, -0.1) is 0 Å². The molecule has 0 unspecified atom stereocenters. The Morgan fingerprint density at radius 2 is 1.64 bits per heavy atom. The summed E-state index contributed by atoms with van der Waals surface area (Å²) in [5.41, 5.74) is 0. The minimum atomic E-state index is -4.02. The van der Waals surface area contributed by atoms with E-state index in [1.165, 1.54) is 0 Å². The van der Waals surface area contributed by atoms with E-state index in [0.29, 0.717) is 12.8 Å². The Kier molecular flexibility index (Phi) is 7.27. The fourth-order valence-corrected chi connectivity index (χ4v) is 3.90. The summed E-state index contributed by atoms with van der Waals surface area (Å²) in [6.07, 6.45) is 2.90. The van der Waals surface area contributed by atoms with E-state index < -0.39 is 20.0 Å². The topological polar surface area (TPSA) is 0 Å². The van der Waals surface area contributed by atoms with Crippen molar-refractivity contribution in [2.75, 3.05) is 0 Å². The zero-order valence-electron chi connectivity index (χ0n) is 8.40. The van der Waals surface area contributed by atoms with Gasteiger partial charge in [0, 0.05) is 0 Å². The summed E-state index contributed by atoms with van der Waals surface area (Å²) in [6.45, 7) is 3.84. The molecule has 0 aliphatic carbocycles. The van der Waals surface area contributed by atoms with Crippen LogP contribution in [0.4, 0.5) is 13.2 Å². The minimum absolute atomic E-state index is 0.304. The maximum atomic E-state index is 12.2. The fourth-order valence-electron chi connectivity index (χ4n) is 1.23. The van der Waals surface area contributed by atoms with Gasteiger partial charge in [0.25, 0.3) is 0 Å². The van der Waals surface area contributed by atoms with E-state index in [-0.39, 0.29) is 10.2 Å². The SMILES string of the molecule is CCC[C@@H](Cl)[C@@H](CCC)[Se]C(F)(F)F. The van der Waals surface area contributed by atoms with Crippen LogP contribution in [0.3, 0.4) is 0 Å². The molecule has 0 nitrogen and oxygen atoms in total. The van der Waals surface area contributed by atoms with E-state index >= 15 is 0 Å². The molecule has 0 saturated heterocycles. The van der Waals surface area contributed by atoms with Gasteiger partial charge in [0.15, 0.2) is 0 Å². The third-order valence-electron chi connectivity index (χ3n) is 1.83. The monoisotopic (exact) mass is 296 g/mol. The average molecular weight is 296 g/mol. The molecule has 0 saturated carbocycles. The number of hydrogen-bond acceptors (Lipinski definition) is 0. The molecule has 0 N–H and O–H groups in total. The first-order valence-electron chi connectivity index (χ1n) is 4.79. The van der Waals surface area contributed by atoms with Crippen molar-refractivity contribution in [3.63, 3.8) is 0 Å². The Morgan fingerprint density at radius 3 is 2.00 bits per heavy atom. The zero-order chi connectivity index (χ0) is 11.2. The molecule has 0 radical (unpaired) electrons. The Labute approximate surface area is 94.7 Å². The molecule has 0 rings (SSSR count). The molecule has 0 bridgehead atoms. The van der Waals surface area contributed by atoms with Crippen molar-refractivity contribution in [3.05, 3.63) is 0 Å². The van der Waals surface area contributed by atoms with Gasteiger partial charge in [-0.3, -0.25) is 0 Å².